The number of amides is 1. The number of aryl methyl sites for hydroxylation is 2. The highest BCUT2D eigenvalue weighted by Crippen LogP contribution is 2.29. The molecule has 1 amide bonds. The molecule has 5 nitrogen and oxygen atoms in total. The molecule has 0 saturated carbocycles. The van der Waals surface area contributed by atoms with Crippen molar-refractivity contribution >= 4 is 5.91 Å². The van der Waals surface area contributed by atoms with Crippen LogP contribution in [-0.4, -0.2) is 17.9 Å². The Balaban J connectivity index is 2.32. The van der Waals surface area contributed by atoms with Crippen LogP contribution in [-0.2, 0) is 6.54 Å². The van der Waals surface area contributed by atoms with Gasteiger partial charge >= 0.3 is 0 Å². The summed E-state index contributed by atoms with van der Waals surface area (Å²) in [4.78, 5) is 15.6. The van der Waals surface area contributed by atoms with Gasteiger partial charge in [0.05, 0.1) is 0 Å². The van der Waals surface area contributed by atoms with Gasteiger partial charge in [0, 0.05) is 25.9 Å². The van der Waals surface area contributed by atoms with Crippen LogP contribution in [0.3, 0.4) is 0 Å². The maximum absolute atomic E-state index is 11.6. The maximum atomic E-state index is 11.6. The van der Waals surface area contributed by atoms with Crippen molar-refractivity contribution in [2.24, 2.45) is 5.73 Å². The summed E-state index contributed by atoms with van der Waals surface area (Å²) in [6, 6.07) is 7.35. The average molecular weight is 285 g/mol. The molecule has 2 rings (SSSR count). The molecule has 0 unspecified atom stereocenters. The minimum atomic E-state index is -0.243. The Kier molecular flexibility index (Phi) is 4.55. The Morgan fingerprint density at radius 3 is 2.52 bits per heavy atom. The van der Waals surface area contributed by atoms with Gasteiger partial charge in [-0.1, -0.05) is 12.1 Å². The van der Waals surface area contributed by atoms with Gasteiger partial charge in [-0.3, -0.25) is 9.78 Å². The molecule has 3 N–H and O–H groups in total. The highest BCUT2D eigenvalue weighted by molar-refractivity contribution is 5.92. The predicted octanol–water partition coefficient (Wildman–Crippen LogP) is 2.31. The number of carbonyl (C=O) groups excluding carboxylic acids is 1. The van der Waals surface area contributed by atoms with E-state index in [0.29, 0.717) is 18.0 Å². The summed E-state index contributed by atoms with van der Waals surface area (Å²) in [5.41, 5.74) is 9.07. The summed E-state index contributed by atoms with van der Waals surface area (Å²) in [5.74, 6) is 1.11. The van der Waals surface area contributed by atoms with E-state index in [-0.39, 0.29) is 5.91 Å². The van der Waals surface area contributed by atoms with Crippen LogP contribution in [0.2, 0.25) is 0 Å². The molecule has 0 radical (unpaired) electrons. The summed E-state index contributed by atoms with van der Waals surface area (Å²) in [6.45, 7) is 4.45. The summed E-state index contributed by atoms with van der Waals surface area (Å²) in [7, 11) is 1.57. The number of carbonyl (C=O) groups is 1. The molecule has 0 spiro atoms. The molecule has 21 heavy (non-hydrogen) atoms. The number of rotatable bonds is 4. The highest BCUT2D eigenvalue weighted by atomic mass is 16.5. The number of aromatic nitrogens is 1. The van der Waals surface area contributed by atoms with Gasteiger partial charge in [-0.15, -0.1) is 0 Å². The number of ether oxygens (including phenoxy) is 1. The van der Waals surface area contributed by atoms with E-state index in [1.165, 1.54) is 0 Å². The van der Waals surface area contributed by atoms with Crippen LogP contribution in [0.5, 0.6) is 11.5 Å². The summed E-state index contributed by atoms with van der Waals surface area (Å²) < 4.78 is 5.91. The van der Waals surface area contributed by atoms with Crippen molar-refractivity contribution in [3.8, 4) is 11.5 Å². The quantitative estimate of drug-likeness (QED) is 0.903. The van der Waals surface area contributed by atoms with Gasteiger partial charge in [0.15, 0.2) is 0 Å². The molecule has 2 aromatic rings. The van der Waals surface area contributed by atoms with Crippen molar-refractivity contribution < 1.29 is 9.53 Å². The molecular formula is C16H19N3O2. The second-order valence-electron chi connectivity index (χ2n) is 4.82. The standard InChI is InChI=1S/C16H19N3O2/c1-10-6-12(9-17)7-11(2)15(10)21-13-4-5-19-14(8-13)16(20)18-3/h4-8H,9,17H2,1-3H3,(H,18,20). The molecule has 0 aliphatic carbocycles. The first-order valence-corrected chi connectivity index (χ1v) is 6.71. The monoisotopic (exact) mass is 285 g/mol. The summed E-state index contributed by atoms with van der Waals surface area (Å²) in [5, 5.41) is 2.54. The van der Waals surface area contributed by atoms with Crippen molar-refractivity contribution in [3.63, 3.8) is 0 Å². The van der Waals surface area contributed by atoms with Crippen LogP contribution >= 0.6 is 0 Å². The number of pyridine rings is 1. The van der Waals surface area contributed by atoms with Crippen LogP contribution < -0.4 is 15.8 Å². The van der Waals surface area contributed by atoms with E-state index in [1.807, 2.05) is 26.0 Å². The summed E-state index contributed by atoms with van der Waals surface area (Å²) in [6.07, 6.45) is 1.55. The van der Waals surface area contributed by atoms with Gasteiger partial charge in [0.2, 0.25) is 0 Å². The number of nitrogens with zero attached hydrogens (tertiary/aromatic N) is 1. The Morgan fingerprint density at radius 2 is 1.95 bits per heavy atom. The lowest BCUT2D eigenvalue weighted by molar-refractivity contribution is 0.0958. The average Bonchev–Trinajstić information content (AvgIpc) is 2.50. The number of hydrogen-bond donors (Lipinski definition) is 2. The zero-order valence-corrected chi connectivity index (χ0v) is 12.4. The second kappa shape index (κ2) is 6.37. The van der Waals surface area contributed by atoms with Crippen LogP contribution in [0, 0.1) is 13.8 Å². The van der Waals surface area contributed by atoms with Gasteiger partial charge in [0.25, 0.3) is 5.91 Å². The van der Waals surface area contributed by atoms with Crippen molar-refractivity contribution in [2.45, 2.75) is 20.4 Å². The molecule has 0 atom stereocenters. The largest absolute Gasteiger partial charge is 0.457 e. The first kappa shape index (κ1) is 15.0. The number of nitrogens with two attached hydrogens (primary N) is 1. The topological polar surface area (TPSA) is 77.2 Å². The maximum Gasteiger partial charge on any atom is 0.269 e. The fraction of sp³-hybridized carbons (Fsp3) is 0.250. The van der Waals surface area contributed by atoms with Crippen molar-refractivity contribution in [1.82, 2.24) is 10.3 Å². The molecule has 0 fully saturated rings. The lowest BCUT2D eigenvalue weighted by atomic mass is 10.1. The molecule has 0 aliphatic heterocycles. The van der Waals surface area contributed by atoms with E-state index in [4.69, 9.17) is 10.5 Å². The Morgan fingerprint density at radius 1 is 1.29 bits per heavy atom. The number of benzene rings is 1. The van der Waals surface area contributed by atoms with E-state index in [2.05, 4.69) is 10.3 Å². The third-order valence-electron chi connectivity index (χ3n) is 3.17. The lowest BCUT2D eigenvalue weighted by Crippen LogP contribution is -2.18. The fourth-order valence-electron chi connectivity index (χ4n) is 2.16. The van der Waals surface area contributed by atoms with Crippen LogP contribution in [0.4, 0.5) is 0 Å². The van der Waals surface area contributed by atoms with Crippen LogP contribution in [0.15, 0.2) is 30.5 Å². The van der Waals surface area contributed by atoms with Crippen molar-refractivity contribution in [3.05, 3.63) is 52.8 Å². The third-order valence-corrected chi connectivity index (χ3v) is 3.17. The van der Waals surface area contributed by atoms with E-state index in [9.17, 15) is 4.79 Å². The number of nitrogens with one attached hydrogen (secondary N) is 1. The molecule has 1 heterocycles. The van der Waals surface area contributed by atoms with Gasteiger partial charge in [0.1, 0.15) is 17.2 Å². The minimum absolute atomic E-state index is 0.243. The Labute approximate surface area is 124 Å². The van der Waals surface area contributed by atoms with E-state index < -0.39 is 0 Å². The molecule has 1 aromatic carbocycles. The third kappa shape index (κ3) is 3.38. The minimum Gasteiger partial charge on any atom is -0.457 e. The molecule has 0 bridgehead atoms. The Hall–Kier alpha value is -2.40. The van der Waals surface area contributed by atoms with E-state index in [1.54, 1.807) is 25.4 Å². The second-order valence-corrected chi connectivity index (χ2v) is 4.82. The molecular weight excluding hydrogens is 266 g/mol. The van der Waals surface area contributed by atoms with Gasteiger partial charge < -0.3 is 15.8 Å². The first-order valence-electron chi connectivity index (χ1n) is 6.71. The lowest BCUT2D eigenvalue weighted by Gasteiger charge is -2.13. The SMILES string of the molecule is CNC(=O)c1cc(Oc2c(C)cc(CN)cc2C)ccn1. The van der Waals surface area contributed by atoms with E-state index >= 15 is 0 Å². The van der Waals surface area contributed by atoms with E-state index in [0.717, 1.165) is 22.4 Å². The van der Waals surface area contributed by atoms with Crippen LogP contribution in [0.1, 0.15) is 27.2 Å². The fourth-order valence-corrected chi connectivity index (χ4v) is 2.16. The predicted molar refractivity (Wildman–Crippen MR) is 81.5 cm³/mol. The van der Waals surface area contributed by atoms with Crippen LogP contribution in [0.25, 0.3) is 0 Å². The zero-order chi connectivity index (χ0) is 15.4. The molecule has 1 aromatic heterocycles. The molecule has 0 aliphatic rings. The van der Waals surface area contributed by atoms with Crippen molar-refractivity contribution in [1.29, 1.82) is 0 Å². The van der Waals surface area contributed by atoms with Gasteiger partial charge in [-0.2, -0.15) is 0 Å². The molecule has 110 valence electrons. The highest BCUT2D eigenvalue weighted by Gasteiger charge is 2.10. The molecule has 0 saturated heterocycles. The van der Waals surface area contributed by atoms with Gasteiger partial charge in [-0.25, -0.2) is 0 Å². The normalized spacial score (nSPS) is 10.3. The Bertz CT molecular complexity index is 645. The van der Waals surface area contributed by atoms with Gasteiger partial charge in [-0.05, 0) is 36.6 Å². The van der Waals surface area contributed by atoms with Crippen molar-refractivity contribution in [2.75, 3.05) is 7.05 Å². The number of hydrogen-bond acceptors (Lipinski definition) is 4. The zero-order valence-electron chi connectivity index (χ0n) is 12.4. The first-order chi connectivity index (χ1) is 10.0. The summed E-state index contributed by atoms with van der Waals surface area (Å²) >= 11 is 0. The molecule has 5 heteroatoms. The smallest absolute Gasteiger partial charge is 0.269 e.